The molecule has 3 unspecified atom stereocenters. The van der Waals surface area contributed by atoms with Crippen LogP contribution in [-0.4, -0.2) is 85.7 Å². The van der Waals surface area contributed by atoms with Crippen LogP contribution in [0.2, 0.25) is 0 Å². The van der Waals surface area contributed by atoms with Crippen LogP contribution in [0.25, 0.3) is 5.82 Å². The zero-order valence-corrected chi connectivity index (χ0v) is 20.5. The number of aryl methyl sites for hydroxylation is 1. The SMILES string of the molecule is Cc1c(C2CN3CCN(C(=O)C4CCc5cc(-n6cnnn6)ncc54)CC3CO2)ccc2c1COC2=O. The lowest BCUT2D eigenvalue weighted by atomic mass is 9.93. The zero-order valence-electron chi connectivity index (χ0n) is 20.5. The second kappa shape index (κ2) is 8.70. The minimum atomic E-state index is -0.247. The summed E-state index contributed by atoms with van der Waals surface area (Å²) in [5.41, 5.74) is 5.98. The summed E-state index contributed by atoms with van der Waals surface area (Å²) < 4.78 is 13.1. The van der Waals surface area contributed by atoms with Crippen molar-refractivity contribution < 1.29 is 19.1 Å². The molecule has 3 aromatic rings. The number of tetrazole rings is 1. The van der Waals surface area contributed by atoms with E-state index in [0.717, 1.165) is 53.7 Å². The van der Waals surface area contributed by atoms with Crippen molar-refractivity contribution >= 4 is 11.9 Å². The Morgan fingerprint density at radius 2 is 2.08 bits per heavy atom. The molecule has 0 N–H and O–H groups in total. The van der Waals surface area contributed by atoms with E-state index >= 15 is 0 Å². The first-order valence-electron chi connectivity index (χ1n) is 12.7. The molecule has 1 aliphatic carbocycles. The third-order valence-corrected chi connectivity index (χ3v) is 8.33. The molecule has 190 valence electrons. The predicted octanol–water partition coefficient (Wildman–Crippen LogP) is 1.35. The normalized spacial score (nSPS) is 24.9. The van der Waals surface area contributed by atoms with Crippen molar-refractivity contribution in [1.82, 2.24) is 35.0 Å². The van der Waals surface area contributed by atoms with Gasteiger partial charge in [-0.15, -0.1) is 5.10 Å². The van der Waals surface area contributed by atoms with Gasteiger partial charge in [0.1, 0.15) is 12.9 Å². The summed E-state index contributed by atoms with van der Waals surface area (Å²) >= 11 is 0. The Morgan fingerprint density at radius 3 is 2.95 bits per heavy atom. The molecule has 4 aliphatic rings. The van der Waals surface area contributed by atoms with Crippen LogP contribution < -0.4 is 0 Å². The number of fused-ring (bicyclic) bond motifs is 3. The molecular weight excluding hydrogens is 474 g/mol. The average Bonchev–Trinajstić information content (AvgIpc) is 3.68. The molecule has 3 atom stereocenters. The molecule has 7 rings (SSSR count). The van der Waals surface area contributed by atoms with E-state index in [1.807, 2.05) is 36.2 Å². The Bertz CT molecular complexity index is 1390. The van der Waals surface area contributed by atoms with Gasteiger partial charge >= 0.3 is 5.97 Å². The van der Waals surface area contributed by atoms with Crippen LogP contribution in [0, 0.1) is 6.92 Å². The number of hydrogen-bond donors (Lipinski definition) is 0. The molecule has 2 aromatic heterocycles. The highest BCUT2D eigenvalue weighted by Crippen LogP contribution is 2.37. The van der Waals surface area contributed by atoms with E-state index in [9.17, 15) is 9.59 Å². The van der Waals surface area contributed by atoms with Crippen molar-refractivity contribution in [3.63, 3.8) is 0 Å². The van der Waals surface area contributed by atoms with Gasteiger partial charge in [0.05, 0.1) is 30.2 Å². The smallest absolute Gasteiger partial charge is 0.338 e. The van der Waals surface area contributed by atoms with Gasteiger partial charge in [0.25, 0.3) is 0 Å². The molecule has 0 bridgehead atoms. The fourth-order valence-electron chi connectivity index (χ4n) is 6.24. The molecular formula is C26H27N7O4. The third kappa shape index (κ3) is 3.72. The van der Waals surface area contributed by atoms with Crippen LogP contribution in [0.15, 0.2) is 30.7 Å². The van der Waals surface area contributed by atoms with E-state index < -0.39 is 0 Å². The number of amides is 1. The molecule has 1 aromatic carbocycles. The monoisotopic (exact) mass is 501 g/mol. The number of benzene rings is 1. The third-order valence-electron chi connectivity index (χ3n) is 8.33. The number of ether oxygens (including phenoxy) is 2. The lowest BCUT2D eigenvalue weighted by molar-refractivity contribution is -0.141. The molecule has 0 saturated carbocycles. The highest BCUT2D eigenvalue weighted by Gasteiger charge is 2.39. The second-order valence-electron chi connectivity index (χ2n) is 10.2. The lowest BCUT2D eigenvalue weighted by Crippen LogP contribution is -2.60. The summed E-state index contributed by atoms with van der Waals surface area (Å²) in [5, 5.41) is 11.3. The number of pyridine rings is 1. The number of rotatable bonds is 3. The fraction of sp³-hybridized carbons (Fsp3) is 0.462. The summed E-state index contributed by atoms with van der Waals surface area (Å²) in [6.07, 6.45) is 4.91. The molecule has 11 nitrogen and oxygen atoms in total. The van der Waals surface area contributed by atoms with Crippen LogP contribution in [0.4, 0.5) is 0 Å². The summed E-state index contributed by atoms with van der Waals surface area (Å²) in [7, 11) is 0. The van der Waals surface area contributed by atoms with Gasteiger partial charge in [0, 0.05) is 37.9 Å². The van der Waals surface area contributed by atoms with Crippen LogP contribution in [0.3, 0.4) is 0 Å². The number of aromatic nitrogens is 5. The van der Waals surface area contributed by atoms with Crippen LogP contribution in [0.1, 0.15) is 56.6 Å². The van der Waals surface area contributed by atoms with Gasteiger partial charge in [-0.2, -0.15) is 4.68 Å². The summed E-state index contributed by atoms with van der Waals surface area (Å²) in [5.74, 6) is 0.436. The van der Waals surface area contributed by atoms with Gasteiger partial charge in [-0.05, 0) is 64.6 Å². The summed E-state index contributed by atoms with van der Waals surface area (Å²) in [6.45, 7) is 5.91. The Hall–Kier alpha value is -3.70. The van der Waals surface area contributed by atoms with E-state index in [-0.39, 0.29) is 29.9 Å². The van der Waals surface area contributed by atoms with Crippen molar-refractivity contribution in [2.45, 2.75) is 44.4 Å². The largest absolute Gasteiger partial charge is 0.457 e. The van der Waals surface area contributed by atoms with Gasteiger partial charge in [-0.3, -0.25) is 9.69 Å². The Labute approximate surface area is 213 Å². The number of morpholine rings is 1. The van der Waals surface area contributed by atoms with Crippen molar-refractivity contribution in [1.29, 1.82) is 0 Å². The number of cyclic esters (lactones) is 1. The number of esters is 1. The fourth-order valence-corrected chi connectivity index (χ4v) is 6.24. The molecule has 2 fully saturated rings. The minimum Gasteiger partial charge on any atom is -0.457 e. The maximum atomic E-state index is 13.6. The highest BCUT2D eigenvalue weighted by atomic mass is 16.5. The predicted molar refractivity (Wildman–Crippen MR) is 129 cm³/mol. The molecule has 1 amide bonds. The summed E-state index contributed by atoms with van der Waals surface area (Å²) in [6, 6.07) is 6.02. The lowest BCUT2D eigenvalue weighted by Gasteiger charge is -2.46. The minimum absolute atomic E-state index is 0.0540. The first-order valence-corrected chi connectivity index (χ1v) is 12.7. The molecule has 2 saturated heterocycles. The Morgan fingerprint density at radius 1 is 1.16 bits per heavy atom. The molecule has 0 spiro atoms. The molecule has 37 heavy (non-hydrogen) atoms. The number of carbonyl (C=O) groups excluding carboxylic acids is 2. The summed E-state index contributed by atoms with van der Waals surface area (Å²) in [4.78, 5) is 34.4. The Balaban J connectivity index is 1.02. The number of nitrogens with zero attached hydrogens (tertiary/aromatic N) is 7. The van der Waals surface area contributed by atoms with Crippen LogP contribution in [-0.2, 0) is 27.3 Å². The highest BCUT2D eigenvalue weighted by molar-refractivity contribution is 5.94. The van der Waals surface area contributed by atoms with Crippen molar-refractivity contribution in [2.75, 3.05) is 32.8 Å². The quantitative estimate of drug-likeness (QED) is 0.491. The average molecular weight is 502 g/mol. The maximum absolute atomic E-state index is 13.6. The zero-order chi connectivity index (χ0) is 25.1. The molecule has 0 radical (unpaired) electrons. The van der Waals surface area contributed by atoms with E-state index in [0.29, 0.717) is 37.7 Å². The molecule has 3 aliphatic heterocycles. The first kappa shape index (κ1) is 22.5. The van der Waals surface area contributed by atoms with E-state index in [4.69, 9.17) is 9.47 Å². The van der Waals surface area contributed by atoms with Crippen molar-refractivity contribution in [3.05, 3.63) is 64.1 Å². The van der Waals surface area contributed by atoms with Crippen LogP contribution >= 0.6 is 0 Å². The van der Waals surface area contributed by atoms with E-state index in [1.165, 1.54) is 11.0 Å². The molecule has 5 heterocycles. The standard InChI is InChI=1S/C26H27N7O4/c1-15-18(4-5-20-22(15)13-37-26(20)35)23-11-31-6-7-32(10-17(31)12-36-23)25(34)19-3-2-16-8-24(27-9-21(16)19)33-14-28-29-30-33/h4-5,8-9,14,17,19,23H,2-3,6-7,10-13H2,1H3. The number of carbonyl (C=O) groups is 2. The van der Waals surface area contributed by atoms with E-state index in [2.05, 4.69) is 25.4 Å². The van der Waals surface area contributed by atoms with Gasteiger partial charge in [-0.1, -0.05) is 6.07 Å². The maximum Gasteiger partial charge on any atom is 0.338 e. The van der Waals surface area contributed by atoms with Gasteiger partial charge in [0.2, 0.25) is 5.91 Å². The van der Waals surface area contributed by atoms with Crippen LogP contribution in [0.5, 0.6) is 0 Å². The topological polar surface area (TPSA) is 116 Å². The Kier molecular flexibility index (Phi) is 5.29. The second-order valence-corrected chi connectivity index (χ2v) is 10.2. The van der Waals surface area contributed by atoms with Gasteiger partial charge < -0.3 is 14.4 Å². The number of hydrogen-bond acceptors (Lipinski definition) is 9. The van der Waals surface area contributed by atoms with Crippen molar-refractivity contribution in [3.8, 4) is 5.82 Å². The van der Waals surface area contributed by atoms with E-state index in [1.54, 1.807) is 0 Å². The number of piperazine rings is 1. The molecule has 11 heteroatoms. The van der Waals surface area contributed by atoms with Gasteiger partial charge in [-0.25, -0.2) is 9.78 Å². The van der Waals surface area contributed by atoms with Gasteiger partial charge in [0.15, 0.2) is 5.82 Å². The van der Waals surface area contributed by atoms with Crippen molar-refractivity contribution in [2.24, 2.45) is 0 Å². The first-order chi connectivity index (χ1) is 18.1.